The Labute approximate surface area is 196 Å². The van der Waals surface area contributed by atoms with E-state index in [1.54, 1.807) is 42.5 Å². The molecule has 2 aromatic heterocycles. The van der Waals surface area contributed by atoms with Crippen LogP contribution in [0.1, 0.15) is 12.7 Å². The molecule has 1 amide bonds. The number of nitrogens with one attached hydrogen (secondary N) is 1. The fraction of sp³-hybridized carbons (Fsp3) is 0.0952. The molecule has 1 atom stereocenters. The van der Waals surface area contributed by atoms with Crippen LogP contribution >= 0.6 is 46.3 Å². The number of furan rings is 1. The molecule has 0 unspecified atom stereocenters. The van der Waals surface area contributed by atoms with Crippen molar-refractivity contribution in [3.8, 4) is 5.75 Å². The number of thiazole rings is 1. The molecule has 4 aromatic rings. The lowest BCUT2D eigenvalue weighted by atomic mass is 10.3. The summed E-state index contributed by atoms with van der Waals surface area (Å²) in [5, 5.41) is 5.41. The van der Waals surface area contributed by atoms with Gasteiger partial charge in [-0.05, 0) is 61.2 Å². The molecule has 0 saturated heterocycles. The first kappa shape index (κ1) is 21.7. The van der Waals surface area contributed by atoms with Gasteiger partial charge in [0, 0.05) is 5.02 Å². The summed E-state index contributed by atoms with van der Waals surface area (Å²) >= 11 is 14.9. The number of hydrogen-bond acceptors (Lipinski definition) is 7. The SMILES string of the molecule is C[C@H](Oc1ccc(Cl)cc1Cl)C(=O)N/N=C\c1ccc(Sc2nc3ccccc3s2)o1. The van der Waals surface area contributed by atoms with Gasteiger partial charge in [0.15, 0.2) is 15.5 Å². The van der Waals surface area contributed by atoms with E-state index in [2.05, 4.69) is 15.5 Å². The number of fused-ring (bicyclic) bond motifs is 1. The molecule has 0 spiro atoms. The number of nitrogens with zero attached hydrogens (tertiary/aromatic N) is 2. The Morgan fingerprint density at radius 3 is 2.90 bits per heavy atom. The third-order valence-corrected chi connectivity index (χ3v) is 6.55. The summed E-state index contributed by atoms with van der Waals surface area (Å²) in [5.41, 5.74) is 3.38. The molecule has 1 N–H and O–H groups in total. The van der Waals surface area contributed by atoms with Crippen molar-refractivity contribution in [3.63, 3.8) is 0 Å². The lowest BCUT2D eigenvalue weighted by Crippen LogP contribution is -2.33. The summed E-state index contributed by atoms with van der Waals surface area (Å²) < 4.78 is 13.3. The standard InChI is InChI=1S/C21H15Cl2N3O3S2/c1-12(28-17-8-6-13(22)10-15(17)23)20(27)26-24-11-14-7-9-19(29-14)31-21-25-16-4-2-3-5-18(16)30-21/h2-12H,1H3,(H,26,27)/b24-11-/t12-/m0/s1. The van der Waals surface area contributed by atoms with Crippen LogP contribution in [0.2, 0.25) is 10.0 Å². The number of carbonyl (C=O) groups is 1. The van der Waals surface area contributed by atoms with E-state index < -0.39 is 12.0 Å². The predicted octanol–water partition coefficient (Wildman–Crippen LogP) is 6.26. The third-order valence-electron chi connectivity index (χ3n) is 4.00. The minimum Gasteiger partial charge on any atom is -0.479 e. The summed E-state index contributed by atoms with van der Waals surface area (Å²) in [4.78, 5) is 16.8. The Hall–Kier alpha value is -2.52. The minimum absolute atomic E-state index is 0.324. The van der Waals surface area contributed by atoms with Gasteiger partial charge in [-0.25, -0.2) is 10.4 Å². The van der Waals surface area contributed by atoms with Crippen molar-refractivity contribution in [2.24, 2.45) is 5.10 Å². The van der Waals surface area contributed by atoms with Gasteiger partial charge < -0.3 is 9.15 Å². The van der Waals surface area contributed by atoms with E-state index in [1.807, 2.05) is 30.3 Å². The average Bonchev–Trinajstić information content (AvgIpc) is 3.36. The maximum absolute atomic E-state index is 12.2. The number of rotatable bonds is 7. The smallest absolute Gasteiger partial charge is 0.280 e. The number of benzene rings is 2. The molecule has 0 aliphatic rings. The molecule has 2 aromatic carbocycles. The Kier molecular flexibility index (Phi) is 6.82. The molecule has 158 valence electrons. The highest BCUT2D eigenvalue weighted by Gasteiger charge is 2.16. The van der Waals surface area contributed by atoms with E-state index >= 15 is 0 Å². The molecule has 0 aliphatic heterocycles. The van der Waals surface area contributed by atoms with Crippen LogP contribution in [-0.4, -0.2) is 23.2 Å². The zero-order valence-corrected chi connectivity index (χ0v) is 19.2. The van der Waals surface area contributed by atoms with Gasteiger partial charge in [-0.3, -0.25) is 4.79 Å². The molecule has 2 heterocycles. The number of amides is 1. The van der Waals surface area contributed by atoms with E-state index in [0.29, 0.717) is 26.6 Å². The fourth-order valence-corrected chi connectivity index (χ4v) is 4.93. The highest BCUT2D eigenvalue weighted by atomic mass is 35.5. The second-order valence-electron chi connectivity index (χ2n) is 6.28. The van der Waals surface area contributed by atoms with Crippen molar-refractivity contribution in [2.45, 2.75) is 22.5 Å². The zero-order valence-electron chi connectivity index (χ0n) is 16.0. The average molecular weight is 492 g/mol. The molecule has 31 heavy (non-hydrogen) atoms. The number of carbonyl (C=O) groups excluding carboxylic acids is 1. The van der Waals surface area contributed by atoms with Crippen LogP contribution in [0.15, 0.2) is 73.5 Å². The van der Waals surface area contributed by atoms with Crippen molar-refractivity contribution >= 4 is 68.6 Å². The van der Waals surface area contributed by atoms with E-state index in [0.717, 1.165) is 14.6 Å². The maximum Gasteiger partial charge on any atom is 0.280 e. The Balaban J connectivity index is 1.31. The van der Waals surface area contributed by atoms with Gasteiger partial charge in [0.2, 0.25) is 0 Å². The molecule has 4 rings (SSSR count). The summed E-state index contributed by atoms with van der Waals surface area (Å²) in [6.45, 7) is 1.59. The number of para-hydroxylation sites is 1. The van der Waals surface area contributed by atoms with Crippen molar-refractivity contribution < 1.29 is 13.9 Å². The molecule has 6 nitrogen and oxygen atoms in total. The van der Waals surface area contributed by atoms with Gasteiger partial charge in [-0.2, -0.15) is 5.10 Å². The van der Waals surface area contributed by atoms with Gasteiger partial charge in [-0.1, -0.05) is 35.3 Å². The minimum atomic E-state index is -0.808. The van der Waals surface area contributed by atoms with Crippen LogP contribution in [-0.2, 0) is 4.79 Å². The molecule has 0 radical (unpaired) electrons. The Bertz CT molecular complexity index is 1220. The molecular weight excluding hydrogens is 477 g/mol. The molecule has 0 saturated carbocycles. The van der Waals surface area contributed by atoms with Crippen LogP contribution in [0.4, 0.5) is 0 Å². The van der Waals surface area contributed by atoms with Gasteiger partial charge >= 0.3 is 0 Å². The molecule has 10 heteroatoms. The van der Waals surface area contributed by atoms with Crippen LogP contribution < -0.4 is 10.2 Å². The highest BCUT2D eigenvalue weighted by molar-refractivity contribution is 8.01. The molecular formula is C21H15Cl2N3O3S2. The van der Waals surface area contributed by atoms with Crippen LogP contribution in [0.5, 0.6) is 5.75 Å². The topological polar surface area (TPSA) is 76.7 Å². The number of aromatic nitrogens is 1. The van der Waals surface area contributed by atoms with Crippen molar-refractivity contribution in [3.05, 3.63) is 70.4 Å². The van der Waals surface area contributed by atoms with Gasteiger partial charge in [0.05, 0.1) is 21.5 Å². The largest absolute Gasteiger partial charge is 0.479 e. The summed E-state index contributed by atoms with van der Waals surface area (Å²) in [7, 11) is 0. The second-order valence-corrected chi connectivity index (χ2v) is 9.40. The number of halogens is 2. The van der Waals surface area contributed by atoms with Gasteiger partial charge in [0.25, 0.3) is 5.91 Å². The number of hydrogen-bond donors (Lipinski definition) is 1. The van der Waals surface area contributed by atoms with E-state index in [-0.39, 0.29) is 0 Å². The van der Waals surface area contributed by atoms with Gasteiger partial charge in [0.1, 0.15) is 11.5 Å². The monoisotopic (exact) mass is 491 g/mol. The van der Waals surface area contributed by atoms with E-state index in [4.69, 9.17) is 32.4 Å². The first-order valence-corrected chi connectivity index (χ1v) is 11.4. The normalized spacial score (nSPS) is 12.4. The first-order chi connectivity index (χ1) is 15.0. The Morgan fingerprint density at radius 2 is 2.10 bits per heavy atom. The third kappa shape index (κ3) is 5.59. The van der Waals surface area contributed by atoms with Gasteiger partial charge in [-0.15, -0.1) is 11.3 Å². The predicted molar refractivity (Wildman–Crippen MR) is 125 cm³/mol. The van der Waals surface area contributed by atoms with E-state index in [9.17, 15) is 4.79 Å². The van der Waals surface area contributed by atoms with Crippen molar-refractivity contribution in [2.75, 3.05) is 0 Å². The lowest BCUT2D eigenvalue weighted by molar-refractivity contribution is -0.127. The molecule has 0 aliphatic carbocycles. The van der Waals surface area contributed by atoms with E-state index in [1.165, 1.54) is 18.0 Å². The maximum atomic E-state index is 12.2. The number of ether oxygens (including phenoxy) is 1. The Morgan fingerprint density at radius 1 is 1.26 bits per heavy atom. The lowest BCUT2D eigenvalue weighted by Gasteiger charge is -2.14. The molecule has 0 bridgehead atoms. The molecule has 0 fully saturated rings. The van der Waals surface area contributed by atoms with Crippen molar-refractivity contribution in [1.82, 2.24) is 10.4 Å². The van der Waals surface area contributed by atoms with Crippen LogP contribution in [0, 0.1) is 0 Å². The van der Waals surface area contributed by atoms with Crippen molar-refractivity contribution in [1.29, 1.82) is 0 Å². The second kappa shape index (κ2) is 9.74. The fourth-order valence-electron chi connectivity index (χ4n) is 2.50. The summed E-state index contributed by atoms with van der Waals surface area (Å²) in [6.07, 6.45) is 0.611. The quantitative estimate of drug-likeness (QED) is 0.243. The van der Waals surface area contributed by atoms with Crippen LogP contribution in [0.3, 0.4) is 0 Å². The summed E-state index contributed by atoms with van der Waals surface area (Å²) in [5.74, 6) is 0.427. The number of hydrazone groups is 1. The highest BCUT2D eigenvalue weighted by Crippen LogP contribution is 2.35. The first-order valence-electron chi connectivity index (χ1n) is 9.06. The summed E-state index contributed by atoms with van der Waals surface area (Å²) in [6, 6.07) is 16.3. The van der Waals surface area contributed by atoms with Crippen LogP contribution in [0.25, 0.3) is 10.2 Å². The zero-order chi connectivity index (χ0) is 21.8.